The first kappa shape index (κ1) is 14.0. The molecule has 1 fully saturated rings. The number of hydrogen-bond acceptors (Lipinski definition) is 3. The lowest BCUT2D eigenvalue weighted by molar-refractivity contribution is -0.140. The van der Waals surface area contributed by atoms with E-state index in [0.717, 1.165) is 15.4 Å². The van der Waals surface area contributed by atoms with Gasteiger partial charge in [-0.25, -0.2) is 8.42 Å². The fourth-order valence-electron chi connectivity index (χ4n) is 2.28. The zero-order chi connectivity index (χ0) is 14.2. The van der Waals surface area contributed by atoms with Crippen molar-refractivity contribution < 1.29 is 18.3 Å². The Morgan fingerprint density at radius 3 is 2.58 bits per heavy atom. The van der Waals surface area contributed by atoms with Crippen LogP contribution in [0.1, 0.15) is 24.0 Å². The first-order chi connectivity index (χ1) is 8.84. The summed E-state index contributed by atoms with van der Waals surface area (Å²) >= 11 is 0. The zero-order valence-electron chi connectivity index (χ0n) is 11.0. The Hall–Kier alpha value is -1.40. The van der Waals surface area contributed by atoms with E-state index in [9.17, 15) is 13.2 Å². The molecule has 0 spiro atoms. The summed E-state index contributed by atoms with van der Waals surface area (Å²) in [6.45, 7) is 4.01. The molecule has 0 amide bonds. The van der Waals surface area contributed by atoms with Gasteiger partial charge in [0.1, 0.15) is 6.04 Å². The Morgan fingerprint density at radius 1 is 1.32 bits per heavy atom. The number of aryl methyl sites for hydroxylation is 2. The number of rotatable bonds is 3. The monoisotopic (exact) mass is 283 g/mol. The fraction of sp³-hybridized carbons (Fsp3) is 0.462. The number of carboxylic acid groups (broad SMARTS) is 1. The van der Waals surface area contributed by atoms with Crippen molar-refractivity contribution in [2.45, 2.75) is 37.6 Å². The van der Waals surface area contributed by atoms with Gasteiger partial charge in [-0.05, 0) is 49.9 Å². The Bertz CT molecular complexity index is 609. The Morgan fingerprint density at radius 2 is 2.00 bits per heavy atom. The SMILES string of the molecule is Cc1ccc(S(=O)(=O)N2CCCC2C(=O)O)cc1C. The van der Waals surface area contributed by atoms with Gasteiger partial charge >= 0.3 is 5.97 Å². The molecule has 104 valence electrons. The lowest BCUT2D eigenvalue weighted by atomic mass is 10.1. The average molecular weight is 283 g/mol. The van der Waals surface area contributed by atoms with E-state index in [2.05, 4.69) is 0 Å². The van der Waals surface area contributed by atoms with Crippen LogP contribution in [-0.2, 0) is 14.8 Å². The number of sulfonamides is 1. The van der Waals surface area contributed by atoms with Crippen LogP contribution in [0.2, 0.25) is 0 Å². The second-order valence-corrected chi connectivity index (χ2v) is 6.75. The second kappa shape index (κ2) is 4.94. The summed E-state index contributed by atoms with van der Waals surface area (Å²) in [6.07, 6.45) is 0.959. The molecule has 5 nitrogen and oxygen atoms in total. The largest absolute Gasteiger partial charge is 0.480 e. The Balaban J connectivity index is 2.42. The van der Waals surface area contributed by atoms with Gasteiger partial charge in [-0.2, -0.15) is 4.31 Å². The standard InChI is InChI=1S/C13H17NO4S/c1-9-5-6-11(8-10(9)2)19(17,18)14-7-3-4-12(14)13(15)16/h5-6,8,12H,3-4,7H2,1-2H3,(H,15,16). The average Bonchev–Trinajstić information content (AvgIpc) is 2.82. The lowest BCUT2D eigenvalue weighted by Crippen LogP contribution is -2.40. The van der Waals surface area contributed by atoms with Crippen molar-refractivity contribution in [1.29, 1.82) is 0 Å². The van der Waals surface area contributed by atoms with Crippen LogP contribution in [0, 0.1) is 13.8 Å². The highest BCUT2D eigenvalue weighted by molar-refractivity contribution is 7.89. The van der Waals surface area contributed by atoms with Crippen LogP contribution in [0.3, 0.4) is 0 Å². The van der Waals surface area contributed by atoms with Crippen molar-refractivity contribution >= 4 is 16.0 Å². The Kier molecular flexibility index (Phi) is 3.64. The zero-order valence-corrected chi connectivity index (χ0v) is 11.8. The molecule has 0 bridgehead atoms. The summed E-state index contributed by atoms with van der Waals surface area (Å²) in [6, 6.07) is 3.94. The highest BCUT2D eigenvalue weighted by Gasteiger charge is 2.39. The smallest absolute Gasteiger partial charge is 0.322 e. The van der Waals surface area contributed by atoms with E-state index in [1.54, 1.807) is 12.1 Å². The fourth-order valence-corrected chi connectivity index (χ4v) is 4.02. The van der Waals surface area contributed by atoms with Crippen molar-refractivity contribution in [3.63, 3.8) is 0 Å². The molecule has 0 aliphatic carbocycles. The number of hydrogen-bond donors (Lipinski definition) is 1. The molecule has 1 heterocycles. The molecule has 1 aromatic carbocycles. The number of nitrogens with zero attached hydrogens (tertiary/aromatic N) is 1. The predicted octanol–water partition coefficient (Wildman–Crippen LogP) is 1.54. The Labute approximate surface area is 112 Å². The van der Waals surface area contributed by atoms with Gasteiger partial charge in [0.05, 0.1) is 4.90 Å². The van der Waals surface area contributed by atoms with Gasteiger partial charge in [0, 0.05) is 6.54 Å². The molecular weight excluding hydrogens is 266 g/mol. The lowest BCUT2D eigenvalue weighted by Gasteiger charge is -2.21. The maximum atomic E-state index is 12.5. The highest BCUT2D eigenvalue weighted by atomic mass is 32.2. The molecule has 6 heteroatoms. The number of benzene rings is 1. The summed E-state index contributed by atoms with van der Waals surface area (Å²) in [5.41, 5.74) is 1.89. The minimum Gasteiger partial charge on any atom is -0.480 e. The molecule has 1 atom stereocenters. The quantitative estimate of drug-likeness (QED) is 0.913. The maximum absolute atomic E-state index is 12.5. The minimum atomic E-state index is -3.72. The van der Waals surface area contributed by atoms with Crippen LogP contribution in [0.15, 0.2) is 23.1 Å². The topological polar surface area (TPSA) is 74.7 Å². The molecule has 0 radical (unpaired) electrons. The normalized spacial score (nSPS) is 20.6. The maximum Gasteiger partial charge on any atom is 0.322 e. The van der Waals surface area contributed by atoms with Gasteiger partial charge in [-0.3, -0.25) is 4.79 Å². The van der Waals surface area contributed by atoms with Gasteiger partial charge in [-0.15, -0.1) is 0 Å². The molecule has 1 aliphatic heterocycles. The van der Waals surface area contributed by atoms with Crippen LogP contribution in [0.4, 0.5) is 0 Å². The van der Waals surface area contributed by atoms with E-state index < -0.39 is 22.0 Å². The van der Waals surface area contributed by atoms with E-state index >= 15 is 0 Å². The van der Waals surface area contributed by atoms with Crippen molar-refractivity contribution in [1.82, 2.24) is 4.31 Å². The van der Waals surface area contributed by atoms with E-state index in [1.807, 2.05) is 13.8 Å². The van der Waals surface area contributed by atoms with Crippen LogP contribution in [0.5, 0.6) is 0 Å². The number of carbonyl (C=O) groups is 1. The summed E-state index contributed by atoms with van der Waals surface area (Å²) in [4.78, 5) is 11.3. The van der Waals surface area contributed by atoms with Crippen molar-refractivity contribution in [2.24, 2.45) is 0 Å². The molecule has 1 saturated heterocycles. The summed E-state index contributed by atoms with van der Waals surface area (Å²) in [5.74, 6) is -1.08. The third-order valence-corrected chi connectivity index (χ3v) is 5.48. The second-order valence-electron chi connectivity index (χ2n) is 4.86. The molecule has 1 aromatic rings. The van der Waals surface area contributed by atoms with Gasteiger partial charge in [0.15, 0.2) is 0 Å². The van der Waals surface area contributed by atoms with E-state index in [1.165, 1.54) is 6.07 Å². The first-order valence-electron chi connectivity index (χ1n) is 6.16. The molecule has 0 saturated carbocycles. The number of carboxylic acids is 1. The van der Waals surface area contributed by atoms with E-state index in [4.69, 9.17) is 5.11 Å². The molecule has 2 rings (SSSR count). The summed E-state index contributed by atoms with van der Waals surface area (Å²) < 4.78 is 26.0. The first-order valence-corrected chi connectivity index (χ1v) is 7.60. The third-order valence-electron chi connectivity index (χ3n) is 3.57. The van der Waals surface area contributed by atoms with Gasteiger partial charge in [0.25, 0.3) is 0 Å². The van der Waals surface area contributed by atoms with Gasteiger partial charge < -0.3 is 5.11 Å². The van der Waals surface area contributed by atoms with Gasteiger partial charge in [-0.1, -0.05) is 6.07 Å². The van der Waals surface area contributed by atoms with Crippen molar-refractivity contribution in [3.05, 3.63) is 29.3 Å². The molecular formula is C13H17NO4S. The van der Waals surface area contributed by atoms with E-state index in [-0.39, 0.29) is 11.4 Å². The van der Waals surface area contributed by atoms with Crippen LogP contribution < -0.4 is 0 Å². The summed E-state index contributed by atoms with van der Waals surface area (Å²) in [5, 5.41) is 9.09. The van der Waals surface area contributed by atoms with Crippen LogP contribution in [0.25, 0.3) is 0 Å². The van der Waals surface area contributed by atoms with Crippen LogP contribution >= 0.6 is 0 Å². The van der Waals surface area contributed by atoms with E-state index in [0.29, 0.717) is 12.8 Å². The molecule has 1 N–H and O–H groups in total. The van der Waals surface area contributed by atoms with Crippen molar-refractivity contribution in [3.8, 4) is 0 Å². The highest BCUT2D eigenvalue weighted by Crippen LogP contribution is 2.27. The summed E-state index contributed by atoms with van der Waals surface area (Å²) in [7, 11) is -3.72. The van der Waals surface area contributed by atoms with Crippen molar-refractivity contribution in [2.75, 3.05) is 6.54 Å². The molecule has 19 heavy (non-hydrogen) atoms. The minimum absolute atomic E-state index is 0.170. The molecule has 1 aliphatic rings. The third kappa shape index (κ3) is 2.50. The predicted molar refractivity (Wildman–Crippen MR) is 70.5 cm³/mol. The van der Waals surface area contributed by atoms with Gasteiger partial charge in [0.2, 0.25) is 10.0 Å². The molecule has 1 unspecified atom stereocenters. The number of aliphatic carboxylic acids is 1. The molecule has 0 aromatic heterocycles. The van der Waals surface area contributed by atoms with Crippen LogP contribution in [-0.4, -0.2) is 36.4 Å².